The zero-order chi connectivity index (χ0) is 12.7. The van der Waals surface area contributed by atoms with Crippen molar-refractivity contribution in [2.24, 2.45) is 0 Å². The van der Waals surface area contributed by atoms with Gasteiger partial charge in [-0.15, -0.1) is 0 Å². The van der Waals surface area contributed by atoms with Crippen molar-refractivity contribution >= 4 is 0 Å². The molecule has 1 aromatic rings. The summed E-state index contributed by atoms with van der Waals surface area (Å²) in [5.41, 5.74) is 2.28. The van der Waals surface area contributed by atoms with Gasteiger partial charge in [0, 0.05) is 13.1 Å². The molecule has 0 unspecified atom stereocenters. The van der Waals surface area contributed by atoms with Crippen LogP contribution in [0.2, 0.25) is 0 Å². The van der Waals surface area contributed by atoms with Crippen molar-refractivity contribution < 1.29 is 17.9 Å². The van der Waals surface area contributed by atoms with E-state index in [0.717, 1.165) is 11.1 Å². The van der Waals surface area contributed by atoms with E-state index in [1.807, 2.05) is 31.2 Å². The van der Waals surface area contributed by atoms with Gasteiger partial charge in [0.2, 0.25) is 0 Å². The Morgan fingerprint density at radius 2 is 2.06 bits per heavy atom. The highest BCUT2D eigenvalue weighted by atomic mass is 19.4. The Balaban J connectivity index is 2.09. The zero-order valence-electron chi connectivity index (χ0n) is 9.68. The van der Waals surface area contributed by atoms with E-state index in [-0.39, 0.29) is 6.61 Å². The van der Waals surface area contributed by atoms with Crippen LogP contribution in [0.4, 0.5) is 13.2 Å². The summed E-state index contributed by atoms with van der Waals surface area (Å²) in [4.78, 5) is 0. The molecule has 0 bridgehead atoms. The van der Waals surface area contributed by atoms with Gasteiger partial charge < -0.3 is 10.1 Å². The molecule has 1 rings (SSSR count). The Kier molecular flexibility index (Phi) is 5.44. The molecule has 5 heteroatoms. The van der Waals surface area contributed by atoms with Gasteiger partial charge in [0.1, 0.15) is 6.61 Å². The third-order valence-electron chi connectivity index (χ3n) is 2.10. The Hall–Kier alpha value is -1.07. The summed E-state index contributed by atoms with van der Waals surface area (Å²) in [7, 11) is 0. The maximum Gasteiger partial charge on any atom is 0.411 e. The van der Waals surface area contributed by atoms with Gasteiger partial charge in [-0.3, -0.25) is 0 Å². The predicted octanol–water partition coefficient (Wildman–Crippen LogP) is 2.66. The highest BCUT2D eigenvalue weighted by Gasteiger charge is 2.27. The van der Waals surface area contributed by atoms with Crippen molar-refractivity contribution in [1.82, 2.24) is 5.32 Å². The summed E-state index contributed by atoms with van der Waals surface area (Å²) < 4.78 is 39.7. The van der Waals surface area contributed by atoms with Crippen LogP contribution in [-0.4, -0.2) is 25.9 Å². The van der Waals surface area contributed by atoms with E-state index in [1.165, 1.54) is 0 Å². The van der Waals surface area contributed by atoms with Gasteiger partial charge in [0.05, 0.1) is 6.61 Å². The van der Waals surface area contributed by atoms with Crippen LogP contribution in [0.25, 0.3) is 0 Å². The standard InChI is InChI=1S/C12H16F3NO/c1-10-3-2-4-11(7-10)8-16-5-6-17-9-12(13,14)15/h2-4,7,16H,5-6,8-9H2,1H3. The van der Waals surface area contributed by atoms with Gasteiger partial charge in [-0.25, -0.2) is 0 Å². The molecule has 0 aliphatic carbocycles. The molecule has 0 heterocycles. The normalized spacial score (nSPS) is 11.8. The Bertz CT molecular complexity index is 339. The first kappa shape index (κ1) is 14.0. The van der Waals surface area contributed by atoms with Crippen LogP contribution in [0.15, 0.2) is 24.3 Å². The summed E-state index contributed by atoms with van der Waals surface area (Å²) in [6, 6.07) is 7.95. The lowest BCUT2D eigenvalue weighted by Crippen LogP contribution is -2.23. The first-order chi connectivity index (χ1) is 7.97. The van der Waals surface area contributed by atoms with Crippen molar-refractivity contribution in [3.8, 4) is 0 Å². The van der Waals surface area contributed by atoms with Crippen molar-refractivity contribution in [1.29, 1.82) is 0 Å². The van der Waals surface area contributed by atoms with Crippen LogP contribution in [0, 0.1) is 6.92 Å². The minimum atomic E-state index is -4.24. The van der Waals surface area contributed by atoms with Crippen LogP contribution in [0.3, 0.4) is 0 Å². The van der Waals surface area contributed by atoms with E-state index in [4.69, 9.17) is 0 Å². The van der Waals surface area contributed by atoms with Crippen LogP contribution in [-0.2, 0) is 11.3 Å². The molecule has 0 aromatic heterocycles. The van der Waals surface area contributed by atoms with Gasteiger partial charge in [-0.05, 0) is 12.5 Å². The first-order valence-electron chi connectivity index (χ1n) is 5.38. The van der Waals surface area contributed by atoms with E-state index >= 15 is 0 Å². The molecule has 0 saturated carbocycles. The van der Waals surface area contributed by atoms with Gasteiger partial charge in [-0.2, -0.15) is 13.2 Å². The number of aryl methyl sites for hydroxylation is 1. The first-order valence-corrected chi connectivity index (χ1v) is 5.38. The van der Waals surface area contributed by atoms with Gasteiger partial charge in [-0.1, -0.05) is 29.8 Å². The lowest BCUT2D eigenvalue weighted by atomic mass is 10.1. The zero-order valence-corrected chi connectivity index (χ0v) is 9.68. The number of hydrogen-bond acceptors (Lipinski definition) is 2. The van der Waals surface area contributed by atoms with Crippen LogP contribution < -0.4 is 5.32 Å². The second kappa shape index (κ2) is 6.61. The Morgan fingerprint density at radius 1 is 1.29 bits per heavy atom. The molecule has 0 atom stereocenters. The molecule has 1 N–H and O–H groups in total. The van der Waals surface area contributed by atoms with Crippen LogP contribution in [0.5, 0.6) is 0 Å². The average molecular weight is 247 g/mol. The minimum Gasteiger partial charge on any atom is -0.371 e. The second-order valence-electron chi connectivity index (χ2n) is 3.83. The molecule has 2 nitrogen and oxygen atoms in total. The van der Waals surface area contributed by atoms with E-state index < -0.39 is 12.8 Å². The van der Waals surface area contributed by atoms with E-state index in [2.05, 4.69) is 10.1 Å². The number of benzene rings is 1. The molecule has 0 spiro atoms. The minimum absolute atomic E-state index is 0.0608. The third-order valence-corrected chi connectivity index (χ3v) is 2.10. The fourth-order valence-corrected chi connectivity index (χ4v) is 1.39. The predicted molar refractivity (Wildman–Crippen MR) is 59.8 cm³/mol. The maximum absolute atomic E-state index is 11.7. The second-order valence-corrected chi connectivity index (χ2v) is 3.83. The molecular weight excluding hydrogens is 231 g/mol. The Labute approximate surface area is 98.8 Å². The highest BCUT2D eigenvalue weighted by Crippen LogP contribution is 2.13. The van der Waals surface area contributed by atoms with Crippen LogP contribution >= 0.6 is 0 Å². The molecule has 0 saturated heterocycles. The van der Waals surface area contributed by atoms with Crippen molar-refractivity contribution in [2.45, 2.75) is 19.6 Å². The van der Waals surface area contributed by atoms with Gasteiger partial charge in [0.15, 0.2) is 0 Å². The molecule has 0 aliphatic rings. The molecule has 0 fully saturated rings. The number of alkyl halides is 3. The van der Waals surface area contributed by atoms with E-state index in [1.54, 1.807) is 0 Å². The summed E-state index contributed by atoms with van der Waals surface area (Å²) in [6.07, 6.45) is -4.24. The number of ether oxygens (including phenoxy) is 1. The van der Waals surface area contributed by atoms with Crippen molar-refractivity contribution in [3.05, 3.63) is 35.4 Å². The molecule has 17 heavy (non-hydrogen) atoms. The monoisotopic (exact) mass is 247 g/mol. The largest absolute Gasteiger partial charge is 0.411 e. The van der Waals surface area contributed by atoms with Crippen LogP contribution in [0.1, 0.15) is 11.1 Å². The molecule has 0 aliphatic heterocycles. The summed E-state index contributed by atoms with van der Waals surface area (Å²) in [5, 5.41) is 3.02. The van der Waals surface area contributed by atoms with Crippen molar-refractivity contribution in [2.75, 3.05) is 19.8 Å². The van der Waals surface area contributed by atoms with Gasteiger partial charge >= 0.3 is 6.18 Å². The average Bonchev–Trinajstić information content (AvgIpc) is 2.22. The summed E-state index contributed by atoms with van der Waals surface area (Å²) >= 11 is 0. The fraction of sp³-hybridized carbons (Fsp3) is 0.500. The number of rotatable bonds is 6. The topological polar surface area (TPSA) is 21.3 Å². The highest BCUT2D eigenvalue weighted by molar-refractivity contribution is 5.21. The number of halogens is 3. The van der Waals surface area contributed by atoms with Gasteiger partial charge in [0.25, 0.3) is 0 Å². The lowest BCUT2D eigenvalue weighted by Gasteiger charge is -2.08. The summed E-state index contributed by atoms with van der Waals surface area (Å²) in [6.45, 7) is 1.92. The fourth-order valence-electron chi connectivity index (χ4n) is 1.39. The lowest BCUT2D eigenvalue weighted by molar-refractivity contribution is -0.173. The SMILES string of the molecule is Cc1cccc(CNCCOCC(F)(F)F)c1. The molecule has 0 radical (unpaired) electrons. The molecule has 1 aromatic carbocycles. The number of hydrogen-bond donors (Lipinski definition) is 1. The molecule has 96 valence electrons. The Morgan fingerprint density at radius 3 is 2.71 bits per heavy atom. The summed E-state index contributed by atoms with van der Waals surface area (Å²) in [5.74, 6) is 0. The third kappa shape index (κ3) is 6.97. The molecule has 0 amide bonds. The molecular formula is C12H16F3NO. The van der Waals surface area contributed by atoms with E-state index in [9.17, 15) is 13.2 Å². The van der Waals surface area contributed by atoms with E-state index in [0.29, 0.717) is 13.1 Å². The maximum atomic E-state index is 11.7. The number of nitrogens with one attached hydrogen (secondary N) is 1. The van der Waals surface area contributed by atoms with Crippen molar-refractivity contribution in [3.63, 3.8) is 0 Å². The quantitative estimate of drug-likeness (QED) is 0.780. The smallest absolute Gasteiger partial charge is 0.371 e.